The molecule has 0 bridgehead atoms. The molecule has 0 aliphatic heterocycles. The molecule has 2 unspecified atom stereocenters. The fraction of sp³-hybridized carbons (Fsp3) is 0.571. The molecular weight excluding hydrogens is 163 g/mol. The fourth-order valence-electron chi connectivity index (χ4n) is 0.363. The van der Waals surface area contributed by atoms with Gasteiger partial charge in [0, 0.05) is 5.57 Å². The van der Waals surface area contributed by atoms with Crippen LogP contribution in [0.15, 0.2) is 12.2 Å². The average Bonchev–Trinajstić information content (AvgIpc) is 1.99. The first-order valence-electron chi connectivity index (χ1n) is 3.28. The maximum absolute atomic E-state index is 10.7. The molecule has 0 radical (unpaired) electrons. The summed E-state index contributed by atoms with van der Waals surface area (Å²) in [6, 6.07) is 0. The van der Waals surface area contributed by atoms with Gasteiger partial charge in [-0.05, 0) is 13.1 Å². The zero-order chi connectivity index (χ0) is 8.85. The zero-order valence-electron chi connectivity index (χ0n) is 6.54. The van der Waals surface area contributed by atoms with Crippen LogP contribution >= 0.6 is 9.24 Å². The molecule has 2 atom stereocenters. The van der Waals surface area contributed by atoms with Crippen molar-refractivity contribution in [3.8, 4) is 0 Å². The molecule has 0 aliphatic rings. The van der Waals surface area contributed by atoms with E-state index in [4.69, 9.17) is 5.11 Å². The first-order valence-corrected chi connectivity index (χ1v) is 4.10. The minimum atomic E-state index is -0.594. The molecule has 0 heterocycles. The Balaban J connectivity index is 3.54. The number of hydrogen-bond donors (Lipinski definition) is 1. The van der Waals surface area contributed by atoms with E-state index in [1.54, 1.807) is 6.92 Å². The van der Waals surface area contributed by atoms with Gasteiger partial charge < -0.3 is 9.84 Å². The third kappa shape index (κ3) is 4.93. The molecule has 0 spiro atoms. The number of ether oxygens (including phenoxy) is 1. The Labute approximate surface area is 68.6 Å². The van der Waals surface area contributed by atoms with E-state index in [2.05, 4.69) is 20.6 Å². The highest BCUT2D eigenvalue weighted by Gasteiger charge is 2.06. The number of carbonyl (C=O) groups excluding carboxylic acids is 1. The maximum atomic E-state index is 10.7. The van der Waals surface area contributed by atoms with E-state index in [0.717, 1.165) is 0 Å². The van der Waals surface area contributed by atoms with E-state index in [-0.39, 0.29) is 6.61 Å². The number of aliphatic hydroxyl groups is 1. The smallest absolute Gasteiger partial charge is 0.333 e. The lowest BCUT2D eigenvalue weighted by atomic mass is 10.3. The Morgan fingerprint density at radius 3 is 2.73 bits per heavy atom. The van der Waals surface area contributed by atoms with Gasteiger partial charge in [-0.3, -0.25) is 0 Å². The summed E-state index contributed by atoms with van der Waals surface area (Å²) in [6.07, 6.45) is -0.0907. The number of rotatable bonds is 4. The van der Waals surface area contributed by atoms with Crippen molar-refractivity contribution in [2.24, 2.45) is 0 Å². The summed E-state index contributed by atoms with van der Waals surface area (Å²) in [5.74, 6) is -0.456. The standard InChI is InChI=1S/C7H13O3P/c1-5(2)7(9)10-3-6(8)4-11/h6,8H,1,3-4,11H2,2H3. The first kappa shape index (κ1) is 10.6. The van der Waals surface area contributed by atoms with Crippen molar-refractivity contribution in [1.29, 1.82) is 0 Å². The van der Waals surface area contributed by atoms with Gasteiger partial charge >= 0.3 is 5.97 Å². The summed E-state index contributed by atoms with van der Waals surface area (Å²) in [4.78, 5) is 10.7. The van der Waals surface area contributed by atoms with Crippen molar-refractivity contribution in [2.75, 3.05) is 12.8 Å². The van der Waals surface area contributed by atoms with Gasteiger partial charge in [0.15, 0.2) is 0 Å². The van der Waals surface area contributed by atoms with Crippen LogP contribution in [-0.4, -0.2) is 29.9 Å². The van der Waals surface area contributed by atoms with Crippen LogP contribution in [0, 0.1) is 0 Å². The Morgan fingerprint density at radius 1 is 1.82 bits per heavy atom. The molecule has 0 amide bonds. The summed E-state index contributed by atoms with van der Waals surface area (Å²) in [5.41, 5.74) is 0.348. The predicted octanol–water partition coefficient (Wildman–Crippen LogP) is 0.342. The normalized spacial score (nSPS) is 12.3. The Bertz CT molecular complexity index is 156. The van der Waals surface area contributed by atoms with Crippen molar-refractivity contribution in [3.63, 3.8) is 0 Å². The minimum absolute atomic E-state index is 0.0369. The van der Waals surface area contributed by atoms with E-state index < -0.39 is 12.1 Å². The molecule has 3 nitrogen and oxygen atoms in total. The van der Waals surface area contributed by atoms with Gasteiger partial charge in [0.25, 0.3) is 0 Å². The summed E-state index contributed by atoms with van der Waals surface area (Å²) in [5, 5.41) is 8.96. The van der Waals surface area contributed by atoms with Gasteiger partial charge in [0.1, 0.15) is 6.61 Å². The second kappa shape index (κ2) is 5.28. The highest BCUT2D eigenvalue weighted by Crippen LogP contribution is 1.96. The molecule has 0 aliphatic carbocycles. The SMILES string of the molecule is C=C(C)C(=O)OCC(O)CP. The predicted molar refractivity (Wildman–Crippen MR) is 46.4 cm³/mol. The Hall–Kier alpha value is -0.400. The third-order valence-electron chi connectivity index (χ3n) is 1.03. The van der Waals surface area contributed by atoms with Crippen LogP contribution in [0.4, 0.5) is 0 Å². The van der Waals surface area contributed by atoms with Crippen molar-refractivity contribution in [3.05, 3.63) is 12.2 Å². The molecular formula is C7H13O3P. The number of esters is 1. The van der Waals surface area contributed by atoms with Crippen LogP contribution in [-0.2, 0) is 9.53 Å². The van der Waals surface area contributed by atoms with Crippen molar-refractivity contribution >= 4 is 15.2 Å². The third-order valence-corrected chi connectivity index (χ3v) is 1.57. The molecule has 64 valence electrons. The molecule has 0 rings (SSSR count). The largest absolute Gasteiger partial charge is 0.460 e. The van der Waals surface area contributed by atoms with Gasteiger partial charge in [-0.15, -0.1) is 9.24 Å². The minimum Gasteiger partial charge on any atom is -0.460 e. The van der Waals surface area contributed by atoms with Gasteiger partial charge in [0.05, 0.1) is 6.10 Å². The number of hydrogen-bond acceptors (Lipinski definition) is 3. The van der Waals surface area contributed by atoms with E-state index in [9.17, 15) is 4.79 Å². The first-order chi connectivity index (χ1) is 5.07. The van der Waals surface area contributed by atoms with Gasteiger partial charge in [0.2, 0.25) is 0 Å². The molecule has 0 aromatic carbocycles. The van der Waals surface area contributed by atoms with Gasteiger partial charge in [-0.25, -0.2) is 4.79 Å². The molecule has 11 heavy (non-hydrogen) atoms. The number of carbonyl (C=O) groups is 1. The molecule has 0 aromatic heterocycles. The molecule has 0 fully saturated rings. The Morgan fingerprint density at radius 2 is 2.36 bits per heavy atom. The van der Waals surface area contributed by atoms with Crippen LogP contribution in [0.3, 0.4) is 0 Å². The highest BCUT2D eigenvalue weighted by molar-refractivity contribution is 7.16. The van der Waals surface area contributed by atoms with Gasteiger partial charge in [-0.1, -0.05) is 6.58 Å². The van der Waals surface area contributed by atoms with E-state index in [1.165, 1.54) is 0 Å². The summed E-state index contributed by atoms with van der Waals surface area (Å²) in [7, 11) is 2.36. The van der Waals surface area contributed by atoms with E-state index in [1.807, 2.05) is 0 Å². The van der Waals surface area contributed by atoms with Crippen LogP contribution in [0.1, 0.15) is 6.92 Å². The lowest BCUT2D eigenvalue weighted by Gasteiger charge is -2.07. The average molecular weight is 176 g/mol. The zero-order valence-corrected chi connectivity index (χ0v) is 7.69. The lowest BCUT2D eigenvalue weighted by molar-refractivity contribution is -0.141. The molecule has 0 saturated carbocycles. The van der Waals surface area contributed by atoms with Crippen LogP contribution < -0.4 is 0 Å². The number of aliphatic hydroxyl groups excluding tert-OH is 1. The van der Waals surface area contributed by atoms with E-state index >= 15 is 0 Å². The molecule has 1 N–H and O–H groups in total. The molecule has 0 aromatic rings. The van der Waals surface area contributed by atoms with Gasteiger partial charge in [-0.2, -0.15) is 0 Å². The topological polar surface area (TPSA) is 46.5 Å². The summed E-state index contributed by atoms with van der Waals surface area (Å²) < 4.78 is 4.65. The summed E-state index contributed by atoms with van der Waals surface area (Å²) >= 11 is 0. The van der Waals surface area contributed by atoms with E-state index in [0.29, 0.717) is 11.7 Å². The molecule has 4 heteroatoms. The second-order valence-corrected chi connectivity index (χ2v) is 2.74. The highest BCUT2D eigenvalue weighted by atomic mass is 31.0. The second-order valence-electron chi connectivity index (χ2n) is 2.27. The van der Waals surface area contributed by atoms with Crippen LogP contribution in [0.5, 0.6) is 0 Å². The summed E-state index contributed by atoms with van der Waals surface area (Å²) in [6.45, 7) is 5.00. The van der Waals surface area contributed by atoms with Crippen molar-refractivity contribution in [2.45, 2.75) is 13.0 Å². The van der Waals surface area contributed by atoms with Crippen LogP contribution in [0.25, 0.3) is 0 Å². The van der Waals surface area contributed by atoms with Crippen molar-refractivity contribution in [1.82, 2.24) is 0 Å². The monoisotopic (exact) mass is 176 g/mol. The lowest BCUT2D eigenvalue weighted by Crippen LogP contribution is -2.19. The fourth-order valence-corrected chi connectivity index (χ4v) is 0.499. The van der Waals surface area contributed by atoms with Crippen LogP contribution in [0.2, 0.25) is 0 Å². The maximum Gasteiger partial charge on any atom is 0.333 e. The Kier molecular flexibility index (Phi) is 5.08. The molecule has 0 saturated heterocycles. The quantitative estimate of drug-likeness (QED) is 0.381. The van der Waals surface area contributed by atoms with Crippen molar-refractivity contribution < 1.29 is 14.6 Å².